The van der Waals surface area contributed by atoms with Crippen molar-refractivity contribution in [2.24, 2.45) is 5.92 Å². The summed E-state index contributed by atoms with van der Waals surface area (Å²) in [5, 5.41) is 1.02. The molecule has 0 bridgehead atoms. The predicted octanol–water partition coefficient (Wildman–Crippen LogP) is 2.87. The number of halogens is 1. The van der Waals surface area contributed by atoms with E-state index in [9.17, 15) is 4.79 Å². The van der Waals surface area contributed by atoms with Crippen LogP contribution in [0.3, 0.4) is 0 Å². The Morgan fingerprint density at radius 1 is 1.47 bits per heavy atom. The number of amides is 1. The molecular weight excluding hydrogens is 306 g/mol. The van der Waals surface area contributed by atoms with Gasteiger partial charge in [0.1, 0.15) is 5.75 Å². The summed E-state index contributed by atoms with van der Waals surface area (Å²) in [5.74, 6) is 1.66. The molecule has 3 nitrogen and oxygen atoms in total. The van der Waals surface area contributed by atoms with Gasteiger partial charge in [0.15, 0.2) is 0 Å². The Morgan fingerprint density at radius 2 is 2.26 bits per heavy atom. The van der Waals surface area contributed by atoms with Crippen LogP contribution in [0.1, 0.15) is 18.4 Å². The summed E-state index contributed by atoms with van der Waals surface area (Å²) in [6.07, 6.45) is 2.72. The first-order valence-electron chi connectivity index (χ1n) is 6.70. The minimum absolute atomic E-state index is 0.210. The molecule has 1 fully saturated rings. The molecule has 0 saturated carbocycles. The highest BCUT2D eigenvalue weighted by Crippen LogP contribution is 2.23. The summed E-state index contributed by atoms with van der Waals surface area (Å²) in [7, 11) is 1.64. The number of carbonyl (C=O) groups is 1. The van der Waals surface area contributed by atoms with Gasteiger partial charge in [-0.25, -0.2) is 0 Å². The largest absolute Gasteiger partial charge is 0.496 e. The van der Waals surface area contributed by atoms with E-state index in [-0.39, 0.29) is 5.91 Å². The normalized spacial score (nSPS) is 18.6. The number of hydrogen-bond donors (Lipinski definition) is 0. The number of nitrogens with zero attached hydrogens (tertiary/aromatic N) is 1. The Morgan fingerprint density at radius 3 is 3.00 bits per heavy atom. The van der Waals surface area contributed by atoms with Crippen LogP contribution in [0.15, 0.2) is 24.3 Å². The number of likely N-dealkylation sites (tertiary alicyclic amines) is 1. The van der Waals surface area contributed by atoms with Gasteiger partial charge in [0.25, 0.3) is 0 Å². The molecule has 0 aromatic heterocycles. The maximum atomic E-state index is 12.3. The van der Waals surface area contributed by atoms with Crippen LogP contribution in [0.2, 0.25) is 0 Å². The molecule has 0 N–H and O–H groups in total. The van der Waals surface area contributed by atoms with E-state index in [1.54, 1.807) is 7.11 Å². The van der Waals surface area contributed by atoms with Gasteiger partial charge in [0, 0.05) is 24.0 Å². The Labute approximate surface area is 123 Å². The Bertz CT molecular complexity index is 436. The predicted molar refractivity (Wildman–Crippen MR) is 79.8 cm³/mol. The molecule has 0 spiro atoms. The van der Waals surface area contributed by atoms with Crippen LogP contribution in [-0.2, 0) is 11.2 Å². The highest BCUT2D eigenvalue weighted by atomic mass is 79.9. The van der Waals surface area contributed by atoms with Gasteiger partial charge in [-0.3, -0.25) is 4.79 Å². The molecule has 104 valence electrons. The van der Waals surface area contributed by atoms with Gasteiger partial charge in [-0.15, -0.1) is 0 Å². The molecule has 1 amide bonds. The van der Waals surface area contributed by atoms with Crippen molar-refractivity contribution < 1.29 is 9.53 Å². The van der Waals surface area contributed by atoms with Crippen molar-refractivity contribution in [2.45, 2.75) is 19.3 Å². The molecule has 1 heterocycles. The minimum atomic E-state index is 0.210. The fourth-order valence-electron chi connectivity index (χ4n) is 2.57. The zero-order valence-electron chi connectivity index (χ0n) is 11.3. The highest BCUT2D eigenvalue weighted by molar-refractivity contribution is 9.09. The standard InChI is InChI=1S/C15H20BrNO2/c1-19-14-5-3-2-4-13(14)10-15(18)17-9-7-12(11-17)6-8-16/h2-5,12H,6-11H2,1H3. The summed E-state index contributed by atoms with van der Waals surface area (Å²) in [4.78, 5) is 14.3. The molecule has 1 unspecified atom stereocenters. The highest BCUT2D eigenvalue weighted by Gasteiger charge is 2.25. The van der Waals surface area contributed by atoms with Gasteiger partial charge >= 0.3 is 0 Å². The number of carbonyl (C=O) groups excluding carboxylic acids is 1. The molecule has 1 aromatic carbocycles. The monoisotopic (exact) mass is 325 g/mol. The van der Waals surface area contributed by atoms with Crippen molar-refractivity contribution in [3.05, 3.63) is 29.8 Å². The van der Waals surface area contributed by atoms with Crippen LogP contribution in [0.5, 0.6) is 5.75 Å². The quantitative estimate of drug-likeness (QED) is 0.779. The van der Waals surface area contributed by atoms with Crippen molar-refractivity contribution in [2.75, 3.05) is 25.5 Å². The summed E-state index contributed by atoms with van der Waals surface area (Å²) in [6.45, 7) is 1.80. The molecule has 2 rings (SSSR count). The molecule has 0 aliphatic carbocycles. The molecule has 1 aliphatic heterocycles. The molecule has 19 heavy (non-hydrogen) atoms. The fourth-order valence-corrected chi connectivity index (χ4v) is 3.22. The second kappa shape index (κ2) is 6.94. The molecule has 0 radical (unpaired) electrons. The van der Waals surface area contributed by atoms with E-state index in [0.29, 0.717) is 12.3 Å². The van der Waals surface area contributed by atoms with Gasteiger partial charge in [-0.1, -0.05) is 34.1 Å². The Balaban J connectivity index is 1.94. The van der Waals surface area contributed by atoms with Gasteiger partial charge in [-0.2, -0.15) is 0 Å². The first-order chi connectivity index (χ1) is 9.24. The fraction of sp³-hybridized carbons (Fsp3) is 0.533. The number of benzene rings is 1. The van der Waals surface area contributed by atoms with Crippen molar-refractivity contribution >= 4 is 21.8 Å². The van der Waals surface area contributed by atoms with E-state index in [1.807, 2.05) is 29.2 Å². The molecule has 1 aliphatic rings. The molecule has 1 atom stereocenters. The van der Waals surface area contributed by atoms with Gasteiger partial charge in [-0.05, 0) is 24.8 Å². The van der Waals surface area contributed by atoms with Crippen LogP contribution < -0.4 is 4.74 Å². The smallest absolute Gasteiger partial charge is 0.227 e. The van der Waals surface area contributed by atoms with E-state index in [0.717, 1.165) is 42.6 Å². The van der Waals surface area contributed by atoms with Crippen molar-refractivity contribution in [1.82, 2.24) is 4.90 Å². The van der Waals surface area contributed by atoms with Gasteiger partial charge < -0.3 is 9.64 Å². The van der Waals surface area contributed by atoms with Crippen molar-refractivity contribution in [3.63, 3.8) is 0 Å². The van der Waals surface area contributed by atoms with Crippen molar-refractivity contribution in [3.8, 4) is 5.75 Å². The van der Waals surface area contributed by atoms with Gasteiger partial charge in [0.05, 0.1) is 13.5 Å². The first-order valence-corrected chi connectivity index (χ1v) is 7.82. The Hall–Kier alpha value is -1.03. The third-order valence-electron chi connectivity index (χ3n) is 3.69. The zero-order valence-corrected chi connectivity index (χ0v) is 12.9. The van der Waals surface area contributed by atoms with Crippen LogP contribution in [0.25, 0.3) is 0 Å². The first kappa shape index (κ1) is 14.4. The second-order valence-corrected chi connectivity index (χ2v) is 5.75. The van der Waals surface area contributed by atoms with Crippen LogP contribution in [0.4, 0.5) is 0 Å². The lowest BCUT2D eigenvalue weighted by Gasteiger charge is -2.17. The maximum Gasteiger partial charge on any atom is 0.227 e. The molecule has 1 saturated heterocycles. The number of para-hydroxylation sites is 1. The lowest BCUT2D eigenvalue weighted by molar-refractivity contribution is -0.129. The van der Waals surface area contributed by atoms with Crippen LogP contribution in [0, 0.1) is 5.92 Å². The number of ether oxygens (including phenoxy) is 1. The number of methoxy groups -OCH3 is 1. The average Bonchev–Trinajstić information content (AvgIpc) is 2.88. The molecule has 1 aromatic rings. The second-order valence-electron chi connectivity index (χ2n) is 4.96. The van der Waals surface area contributed by atoms with E-state index in [4.69, 9.17) is 4.74 Å². The van der Waals surface area contributed by atoms with E-state index in [2.05, 4.69) is 15.9 Å². The third kappa shape index (κ3) is 3.72. The van der Waals surface area contributed by atoms with E-state index < -0.39 is 0 Å². The lowest BCUT2D eigenvalue weighted by atomic mass is 10.1. The van der Waals surface area contributed by atoms with Crippen molar-refractivity contribution in [1.29, 1.82) is 0 Å². The summed E-state index contributed by atoms with van der Waals surface area (Å²) >= 11 is 3.47. The summed E-state index contributed by atoms with van der Waals surface area (Å²) in [6, 6.07) is 7.74. The van der Waals surface area contributed by atoms with E-state index in [1.165, 1.54) is 0 Å². The van der Waals surface area contributed by atoms with Gasteiger partial charge in [0.2, 0.25) is 5.91 Å². The lowest BCUT2D eigenvalue weighted by Crippen LogP contribution is -2.30. The SMILES string of the molecule is COc1ccccc1CC(=O)N1CCC(CCBr)C1. The number of alkyl halides is 1. The summed E-state index contributed by atoms with van der Waals surface area (Å²) in [5.41, 5.74) is 0.971. The topological polar surface area (TPSA) is 29.5 Å². The minimum Gasteiger partial charge on any atom is -0.496 e. The van der Waals surface area contributed by atoms with E-state index >= 15 is 0 Å². The van der Waals surface area contributed by atoms with Crippen LogP contribution >= 0.6 is 15.9 Å². The Kier molecular flexibility index (Phi) is 5.25. The summed E-state index contributed by atoms with van der Waals surface area (Å²) < 4.78 is 5.29. The van der Waals surface area contributed by atoms with Crippen LogP contribution in [-0.4, -0.2) is 36.3 Å². The number of rotatable bonds is 5. The zero-order chi connectivity index (χ0) is 13.7. The molecule has 4 heteroatoms. The molecular formula is C15H20BrNO2. The maximum absolute atomic E-state index is 12.3. The number of hydrogen-bond acceptors (Lipinski definition) is 2. The third-order valence-corrected chi connectivity index (χ3v) is 4.15. The average molecular weight is 326 g/mol.